The van der Waals surface area contributed by atoms with E-state index in [2.05, 4.69) is 45.3 Å². The van der Waals surface area contributed by atoms with Gasteiger partial charge in [0.2, 0.25) is 5.95 Å². The van der Waals surface area contributed by atoms with Crippen molar-refractivity contribution < 1.29 is 9.53 Å². The Labute approximate surface area is 241 Å². The Hall–Kier alpha value is -3.24. The lowest BCUT2D eigenvalue weighted by Crippen LogP contribution is -2.44. The molecule has 2 aliphatic heterocycles. The fraction of sp³-hybridized carbons (Fsp3) is 0.613. The minimum atomic E-state index is -0.540. The number of hydrogen-bond acceptors (Lipinski definition) is 8. The zero-order valence-corrected chi connectivity index (χ0v) is 24.9. The summed E-state index contributed by atoms with van der Waals surface area (Å²) in [5, 5.41) is 5.87. The van der Waals surface area contributed by atoms with Crippen molar-refractivity contribution in [2.24, 2.45) is 5.92 Å². The van der Waals surface area contributed by atoms with Crippen molar-refractivity contribution in [3.8, 4) is 0 Å². The first-order valence-corrected chi connectivity index (χ1v) is 15.1. The summed E-state index contributed by atoms with van der Waals surface area (Å²) in [4.78, 5) is 43.1. The van der Waals surface area contributed by atoms with Gasteiger partial charge >= 0.3 is 6.09 Å². The number of aromatic nitrogens is 3. The monoisotopic (exact) mass is 561 g/mol. The number of rotatable bonds is 6. The van der Waals surface area contributed by atoms with Crippen molar-refractivity contribution in [1.82, 2.24) is 29.2 Å². The summed E-state index contributed by atoms with van der Waals surface area (Å²) < 4.78 is 7.48. The second-order valence-electron chi connectivity index (χ2n) is 13.1. The van der Waals surface area contributed by atoms with Gasteiger partial charge in [0.25, 0.3) is 5.56 Å². The molecule has 3 aromatic rings. The van der Waals surface area contributed by atoms with E-state index < -0.39 is 5.60 Å². The molecular weight excluding hydrogens is 518 g/mol. The Kier molecular flexibility index (Phi) is 7.63. The van der Waals surface area contributed by atoms with Gasteiger partial charge in [-0.3, -0.25) is 14.3 Å². The van der Waals surface area contributed by atoms with Gasteiger partial charge in [-0.15, -0.1) is 0 Å². The van der Waals surface area contributed by atoms with Crippen molar-refractivity contribution in [3.05, 3.63) is 40.3 Å². The molecule has 0 bridgehead atoms. The normalized spacial score (nSPS) is 19.7. The number of nitrogens with one attached hydrogen (secondary N) is 1. The third-order valence-electron chi connectivity index (χ3n) is 8.55. The van der Waals surface area contributed by atoms with Crippen LogP contribution in [0, 0.1) is 5.92 Å². The van der Waals surface area contributed by atoms with Crippen molar-refractivity contribution in [3.63, 3.8) is 0 Å². The lowest BCUT2D eigenvalue weighted by Gasteiger charge is -2.34. The minimum Gasteiger partial charge on any atom is -0.444 e. The zero-order chi connectivity index (χ0) is 28.7. The molecule has 41 heavy (non-hydrogen) atoms. The predicted molar refractivity (Wildman–Crippen MR) is 161 cm³/mol. The minimum absolute atomic E-state index is 0.0183. The first-order chi connectivity index (χ1) is 19.6. The predicted octanol–water partition coefficient (Wildman–Crippen LogP) is 4.09. The highest BCUT2D eigenvalue weighted by Gasteiger charge is 2.30. The van der Waals surface area contributed by atoms with Crippen LogP contribution < -0.4 is 10.9 Å². The maximum absolute atomic E-state index is 14.3. The van der Waals surface area contributed by atoms with Gasteiger partial charge in [0, 0.05) is 75.4 Å². The van der Waals surface area contributed by atoms with E-state index in [0.717, 1.165) is 55.6 Å². The highest BCUT2D eigenvalue weighted by atomic mass is 16.6. The Morgan fingerprint density at radius 1 is 1.00 bits per heavy atom. The summed E-state index contributed by atoms with van der Waals surface area (Å²) in [7, 11) is 2.16. The number of nitrogens with zero attached hydrogens (tertiary/aromatic N) is 6. The summed E-state index contributed by atoms with van der Waals surface area (Å²) in [6.07, 6.45) is 5.37. The number of likely N-dealkylation sites (tertiary alicyclic amines) is 1. The smallest absolute Gasteiger partial charge is 0.410 e. The van der Waals surface area contributed by atoms with Crippen LogP contribution in [0.5, 0.6) is 0 Å². The molecule has 0 spiro atoms. The molecule has 0 unspecified atom stereocenters. The van der Waals surface area contributed by atoms with E-state index in [9.17, 15) is 9.59 Å². The summed E-state index contributed by atoms with van der Waals surface area (Å²) >= 11 is 0. The third kappa shape index (κ3) is 6.33. The van der Waals surface area contributed by atoms with Crippen molar-refractivity contribution in [1.29, 1.82) is 0 Å². The van der Waals surface area contributed by atoms with E-state index in [1.165, 1.54) is 12.8 Å². The highest BCUT2D eigenvalue weighted by molar-refractivity contribution is 6.04. The van der Waals surface area contributed by atoms with Crippen LogP contribution in [0.1, 0.15) is 58.1 Å². The number of piperidine rings is 1. The van der Waals surface area contributed by atoms with E-state index in [1.807, 2.05) is 31.5 Å². The van der Waals surface area contributed by atoms with Crippen LogP contribution >= 0.6 is 0 Å². The number of carbonyl (C=O) groups is 1. The number of pyridine rings is 1. The van der Waals surface area contributed by atoms with Gasteiger partial charge in [-0.05, 0) is 76.4 Å². The lowest BCUT2D eigenvalue weighted by atomic mass is 10.0. The summed E-state index contributed by atoms with van der Waals surface area (Å²) in [6.45, 7) is 12.6. The largest absolute Gasteiger partial charge is 0.444 e. The molecule has 10 nitrogen and oxygen atoms in total. The van der Waals surface area contributed by atoms with Gasteiger partial charge in [0.15, 0.2) is 0 Å². The average Bonchev–Trinajstić information content (AvgIpc) is 3.77. The van der Waals surface area contributed by atoms with Crippen LogP contribution in [0.3, 0.4) is 0 Å². The SMILES string of the molecule is CN1CCN(Cc2ccc3c(c2)c(=O)n(C2CCN(C(=O)OC(C)(C)C)CC2)c2nc(NCC4CC4)ncc32)CC1. The van der Waals surface area contributed by atoms with Crippen LogP contribution in [0.25, 0.3) is 21.8 Å². The molecule has 1 aromatic carbocycles. The second-order valence-corrected chi connectivity index (χ2v) is 13.1. The number of amides is 1. The van der Waals surface area contributed by atoms with Gasteiger partial charge in [-0.2, -0.15) is 4.98 Å². The molecule has 2 aromatic heterocycles. The molecule has 1 N–H and O–H groups in total. The quantitative estimate of drug-likeness (QED) is 0.450. The van der Waals surface area contributed by atoms with Gasteiger partial charge in [-0.1, -0.05) is 12.1 Å². The van der Waals surface area contributed by atoms with E-state index in [0.29, 0.717) is 48.8 Å². The number of anilines is 1. The van der Waals surface area contributed by atoms with Crippen LogP contribution in [-0.2, 0) is 11.3 Å². The number of ether oxygens (including phenoxy) is 1. The van der Waals surface area contributed by atoms with E-state index in [1.54, 1.807) is 4.90 Å². The fourth-order valence-corrected chi connectivity index (χ4v) is 5.95. The second kappa shape index (κ2) is 11.2. The number of piperazine rings is 1. The van der Waals surface area contributed by atoms with E-state index >= 15 is 0 Å². The van der Waals surface area contributed by atoms with E-state index in [-0.39, 0.29) is 17.7 Å². The molecule has 0 radical (unpaired) electrons. The number of carbonyl (C=O) groups excluding carboxylic acids is 1. The van der Waals surface area contributed by atoms with Gasteiger partial charge in [0.1, 0.15) is 11.2 Å². The van der Waals surface area contributed by atoms with Crippen LogP contribution in [0.15, 0.2) is 29.2 Å². The number of benzene rings is 1. The molecule has 3 fully saturated rings. The van der Waals surface area contributed by atoms with Gasteiger partial charge < -0.3 is 19.9 Å². The van der Waals surface area contributed by atoms with Gasteiger partial charge in [-0.25, -0.2) is 9.78 Å². The molecule has 10 heteroatoms. The molecule has 6 rings (SSSR count). The number of likely N-dealkylation sites (N-methyl/N-ethyl adjacent to an activating group) is 1. The topological polar surface area (TPSA) is 95.8 Å². The summed E-state index contributed by atoms with van der Waals surface area (Å²) in [6, 6.07) is 6.21. The lowest BCUT2D eigenvalue weighted by molar-refractivity contribution is 0.0189. The standard InChI is InChI=1S/C31H43N7O3/c1-31(2,3)41-30(40)37-11-9-23(10-12-37)38-27-26(19-33-29(34-27)32-18-21-5-6-21)24-8-7-22(17-25(24)28(38)39)20-36-15-13-35(4)14-16-36/h7-8,17,19,21,23H,5-6,9-16,18,20H2,1-4H3,(H,32,33,34). The Morgan fingerprint density at radius 2 is 1.73 bits per heavy atom. The molecular formula is C31H43N7O3. The fourth-order valence-electron chi connectivity index (χ4n) is 5.95. The molecule has 2 saturated heterocycles. The van der Waals surface area contributed by atoms with E-state index in [4.69, 9.17) is 9.72 Å². The first kappa shape index (κ1) is 27.9. The maximum atomic E-state index is 14.3. The molecule has 220 valence electrons. The van der Waals surface area contributed by atoms with Crippen molar-refractivity contribution in [2.75, 3.05) is 58.2 Å². The van der Waals surface area contributed by atoms with Gasteiger partial charge in [0.05, 0.1) is 0 Å². The number of hydrogen-bond donors (Lipinski definition) is 1. The van der Waals surface area contributed by atoms with Crippen molar-refractivity contribution >= 4 is 33.8 Å². The molecule has 1 aliphatic carbocycles. The first-order valence-electron chi connectivity index (χ1n) is 15.1. The molecule has 4 heterocycles. The maximum Gasteiger partial charge on any atom is 0.410 e. The zero-order valence-electron chi connectivity index (χ0n) is 24.9. The summed E-state index contributed by atoms with van der Waals surface area (Å²) in [5.74, 6) is 1.25. The third-order valence-corrected chi connectivity index (χ3v) is 8.55. The average molecular weight is 562 g/mol. The Bertz CT molecular complexity index is 1480. The highest BCUT2D eigenvalue weighted by Crippen LogP contribution is 2.31. The number of fused-ring (bicyclic) bond motifs is 3. The molecule has 1 amide bonds. The van der Waals surface area contributed by atoms with Crippen LogP contribution in [0.2, 0.25) is 0 Å². The van der Waals surface area contributed by atoms with Crippen LogP contribution in [-0.4, -0.2) is 93.8 Å². The molecule has 0 atom stereocenters. The Balaban J connectivity index is 1.34. The molecule has 1 saturated carbocycles. The Morgan fingerprint density at radius 3 is 2.41 bits per heavy atom. The van der Waals surface area contributed by atoms with Crippen molar-refractivity contribution in [2.45, 2.75) is 64.6 Å². The summed E-state index contributed by atoms with van der Waals surface area (Å²) in [5.41, 5.74) is 1.25. The van der Waals surface area contributed by atoms with Crippen LogP contribution in [0.4, 0.5) is 10.7 Å². The molecule has 3 aliphatic rings.